The maximum absolute atomic E-state index is 13.2. The number of rotatable bonds is 5. The molecule has 0 radical (unpaired) electrons. The van der Waals surface area contributed by atoms with Crippen molar-refractivity contribution in [1.29, 1.82) is 0 Å². The van der Waals surface area contributed by atoms with E-state index in [1.54, 1.807) is 0 Å². The van der Waals surface area contributed by atoms with Crippen molar-refractivity contribution in [2.45, 2.75) is 57.6 Å². The Morgan fingerprint density at radius 2 is 1.84 bits per heavy atom. The molecule has 6 nitrogen and oxygen atoms in total. The summed E-state index contributed by atoms with van der Waals surface area (Å²) in [6, 6.07) is 16.5. The molecular weight excluding hydrogens is 400 g/mol. The zero-order valence-corrected chi connectivity index (χ0v) is 18.8. The van der Waals surface area contributed by atoms with Crippen molar-refractivity contribution in [1.82, 2.24) is 19.4 Å². The van der Waals surface area contributed by atoms with Gasteiger partial charge in [0.25, 0.3) is 5.91 Å². The van der Waals surface area contributed by atoms with E-state index in [4.69, 9.17) is 14.7 Å². The molecule has 1 fully saturated rings. The summed E-state index contributed by atoms with van der Waals surface area (Å²) in [7, 11) is 0. The molecule has 0 N–H and O–H groups in total. The van der Waals surface area contributed by atoms with Gasteiger partial charge in [-0.2, -0.15) is 0 Å². The van der Waals surface area contributed by atoms with Gasteiger partial charge in [0, 0.05) is 55.8 Å². The molecule has 4 heterocycles. The maximum Gasteiger partial charge on any atom is 0.274 e. The van der Waals surface area contributed by atoms with Crippen LogP contribution in [-0.2, 0) is 13.0 Å². The van der Waals surface area contributed by atoms with Crippen molar-refractivity contribution in [2.75, 3.05) is 13.1 Å². The number of pyridine rings is 1. The van der Waals surface area contributed by atoms with Gasteiger partial charge in [-0.25, -0.2) is 9.97 Å². The van der Waals surface area contributed by atoms with Gasteiger partial charge in [0.2, 0.25) is 5.88 Å². The number of amides is 1. The van der Waals surface area contributed by atoms with E-state index in [-0.39, 0.29) is 12.0 Å². The molecule has 2 unspecified atom stereocenters. The van der Waals surface area contributed by atoms with E-state index in [2.05, 4.69) is 34.9 Å². The number of nitrogens with zero attached hydrogens (tertiary/aromatic N) is 4. The van der Waals surface area contributed by atoms with Crippen molar-refractivity contribution in [3.8, 4) is 5.88 Å². The first-order valence-electron chi connectivity index (χ1n) is 11.6. The van der Waals surface area contributed by atoms with Gasteiger partial charge in [-0.3, -0.25) is 4.79 Å². The van der Waals surface area contributed by atoms with Crippen LogP contribution in [0.3, 0.4) is 0 Å². The Morgan fingerprint density at radius 3 is 2.66 bits per heavy atom. The number of carbonyl (C=O) groups excluding carboxylic acids is 1. The minimum atomic E-state index is 0.0485. The maximum atomic E-state index is 13.2. The van der Waals surface area contributed by atoms with Gasteiger partial charge >= 0.3 is 0 Å². The van der Waals surface area contributed by atoms with Crippen LogP contribution in [-0.4, -0.2) is 44.5 Å². The van der Waals surface area contributed by atoms with Crippen molar-refractivity contribution < 1.29 is 9.53 Å². The van der Waals surface area contributed by atoms with Gasteiger partial charge in [-0.15, -0.1) is 0 Å². The van der Waals surface area contributed by atoms with Crippen LogP contribution in [0.2, 0.25) is 0 Å². The highest BCUT2D eigenvalue weighted by Gasteiger charge is 2.31. The minimum Gasteiger partial charge on any atom is -0.475 e. The number of fused-ring (bicyclic) bond motifs is 1. The smallest absolute Gasteiger partial charge is 0.274 e. The third-order valence-electron chi connectivity index (χ3n) is 6.48. The second-order valence-electron chi connectivity index (χ2n) is 9.15. The topological polar surface area (TPSA) is 60.2 Å². The SMILES string of the molecule is CC(C)Oc1cccc(C2CCc3nc(C(=O)N4CCC(c5ccccc5)C4)cn3C2)n1. The molecule has 166 valence electrons. The molecule has 0 aliphatic carbocycles. The fourth-order valence-corrected chi connectivity index (χ4v) is 4.86. The predicted octanol–water partition coefficient (Wildman–Crippen LogP) is 4.43. The highest BCUT2D eigenvalue weighted by Crippen LogP contribution is 2.31. The van der Waals surface area contributed by atoms with Gasteiger partial charge in [0.1, 0.15) is 11.5 Å². The summed E-state index contributed by atoms with van der Waals surface area (Å²) in [6.07, 6.45) is 4.87. The lowest BCUT2D eigenvalue weighted by Crippen LogP contribution is -2.28. The zero-order chi connectivity index (χ0) is 22.1. The Balaban J connectivity index is 1.27. The summed E-state index contributed by atoms with van der Waals surface area (Å²) in [6.45, 7) is 6.36. The van der Waals surface area contributed by atoms with E-state index in [1.807, 2.05) is 43.1 Å². The van der Waals surface area contributed by atoms with Crippen LogP contribution in [0.15, 0.2) is 54.7 Å². The highest BCUT2D eigenvalue weighted by molar-refractivity contribution is 5.92. The second-order valence-corrected chi connectivity index (χ2v) is 9.15. The molecule has 2 aliphatic rings. The quantitative estimate of drug-likeness (QED) is 0.601. The van der Waals surface area contributed by atoms with Gasteiger partial charge in [0.15, 0.2) is 0 Å². The number of aryl methyl sites for hydroxylation is 1. The fraction of sp³-hybridized carbons (Fsp3) is 0.423. The van der Waals surface area contributed by atoms with Crippen molar-refractivity contribution in [2.24, 2.45) is 0 Å². The summed E-state index contributed by atoms with van der Waals surface area (Å²) in [5.41, 5.74) is 2.92. The van der Waals surface area contributed by atoms with Crippen LogP contribution < -0.4 is 4.74 Å². The summed E-state index contributed by atoms with van der Waals surface area (Å²) < 4.78 is 7.91. The molecule has 2 aliphatic heterocycles. The molecule has 1 amide bonds. The van der Waals surface area contributed by atoms with Crippen LogP contribution in [0.1, 0.15) is 66.1 Å². The molecule has 0 saturated carbocycles. The first-order chi connectivity index (χ1) is 15.6. The normalized spacial score (nSPS) is 20.4. The Kier molecular flexibility index (Phi) is 5.68. The summed E-state index contributed by atoms with van der Waals surface area (Å²) in [5.74, 6) is 2.43. The van der Waals surface area contributed by atoms with E-state index in [9.17, 15) is 4.79 Å². The number of benzene rings is 1. The lowest BCUT2D eigenvalue weighted by molar-refractivity contribution is 0.0785. The summed E-state index contributed by atoms with van der Waals surface area (Å²) in [5, 5.41) is 0. The Bertz CT molecular complexity index is 1090. The van der Waals surface area contributed by atoms with Crippen LogP contribution in [0, 0.1) is 0 Å². The van der Waals surface area contributed by atoms with Gasteiger partial charge in [-0.05, 0) is 38.3 Å². The molecule has 1 aromatic carbocycles. The van der Waals surface area contributed by atoms with E-state index >= 15 is 0 Å². The fourth-order valence-electron chi connectivity index (χ4n) is 4.86. The van der Waals surface area contributed by atoms with Crippen LogP contribution >= 0.6 is 0 Å². The third-order valence-corrected chi connectivity index (χ3v) is 6.48. The molecule has 5 rings (SSSR count). The second kappa shape index (κ2) is 8.77. The molecule has 0 bridgehead atoms. The van der Waals surface area contributed by atoms with E-state index in [1.165, 1.54) is 5.56 Å². The highest BCUT2D eigenvalue weighted by atomic mass is 16.5. The van der Waals surface area contributed by atoms with E-state index < -0.39 is 0 Å². The summed E-state index contributed by atoms with van der Waals surface area (Å²) in [4.78, 5) is 24.5. The first-order valence-corrected chi connectivity index (χ1v) is 11.6. The molecule has 32 heavy (non-hydrogen) atoms. The standard InChI is InChI=1S/C26H30N4O2/c1-18(2)32-25-10-6-9-22(28-25)21-11-12-24-27-23(17-30(24)16-21)26(31)29-14-13-20(15-29)19-7-4-3-5-8-19/h3-10,17-18,20-21H,11-16H2,1-2H3. The van der Waals surface area contributed by atoms with Crippen molar-refractivity contribution in [3.05, 3.63) is 77.5 Å². The lowest BCUT2D eigenvalue weighted by atomic mass is 9.95. The Hall–Kier alpha value is -3.15. The van der Waals surface area contributed by atoms with E-state index in [0.717, 1.165) is 50.4 Å². The van der Waals surface area contributed by atoms with Crippen LogP contribution in [0.25, 0.3) is 0 Å². The molecule has 1 saturated heterocycles. The molecule has 6 heteroatoms. The number of imidazole rings is 1. The third kappa shape index (κ3) is 4.27. The molecule has 0 spiro atoms. The molecule has 3 aromatic rings. The monoisotopic (exact) mass is 430 g/mol. The minimum absolute atomic E-state index is 0.0485. The number of hydrogen-bond donors (Lipinski definition) is 0. The van der Waals surface area contributed by atoms with Crippen molar-refractivity contribution in [3.63, 3.8) is 0 Å². The zero-order valence-electron chi connectivity index (χ0n) is 18.8. The number of aromatic nitrogens is 3. The molecular formula is C26H30N4O2. The predicted molar refractivity (Wildman–Crippen MR) is 123 cm³/mol. The average Bonchev–Trinajstić information content (AvgIpc) is 3.46. The molecule has 2 atom stereocenters. The molecule has 2 aromatic heterocycles. The van der Waals surface area contributed by atoms with E-state index in [0.29, 0.717) is 23.4 Å². The summed E-state index contributed by atoms with van der Waals surface area (Å²) >= 11 is 0. The Morgan fingerprint density at radius 1 is 1.00 bits per heavy atom. The van der Waals surface area contributed by atoms with Gasteiger partial charge < -0.3 is 14.2 Å². The number of likely N-dealkylation sites (tertiary alicyclic amines) is 1. The number of hydrogen-bond acceptors (Lipinski definition) is 4. The van der Waals surface area contributed by atoms with Crippen LogP contribution in [0.4, 0.5) is 0 Å². The van der Waals surface area contributed by atoms with Crippen molar-refractivity contribution >= 4 is 5.91 Å². The lowest BCUT2D eigenvalue weighted by Gasteiger charge is -2.23. The first kappa shape index (κ1) is 20.7. The van der Waals surface area contributed by atoms with Gasteiger partial charge in [0.05, 0.1) is 6.10 Å². The number of ether oxygens (including phenoxy) is 1. The van der Waals surface area contributed by atoms with Gasteiger partial charge in [-0.1, -0.05) is 36.4 Å². The average molecular weight is 431 g/mol. The Labute approximate surface area is 189 Å². The largest absolute Gasteiger partial charge is 0.475 e. The number of carbonyl (C=O) groups is 1. The van der Waals surface area contributed by atoms with Crippen LogP contribution in [0.5, 0.6) is 5.88 Å².